The minimum absolute atomic E-state index is 0. The maximum Gasteiger partial charge on any atom is 0.414 e. The molecule has 3 aromatic carbocycles. The summed E-state index contributed by atoms with van der Waals surface area (Å²) in [6.45, 7) is 16.8. The molecular formula is C49H69ClN8O5. The normalized spacial score (nSPS) is 15.2. The third-order valence-corrected chi connectivity index (χ3v) is 11.2. The number of fused-ring (bicyclic) bond motifs is 3. The monoisotopic (exact) mass is 885 g/mol. The topological polar surface area (TPSA) is 149 Å². The van der Waals surface area contributed by atoms with Gasteiger partial charge >= 0.3 is 12.2 Å². The number of rotatable bonds is 8. The van der Waals surface area contributed by atoms with Crippen LogP contribution in [0.5, 0.6) is 0 Å². The van der Waals surface area contributed by atoms with Crippen molar-refractivity contribution in [3.63, 3.8) is 0 Å². The first-order valence-electron chi connectivity index (χ1n) is 22.0. The second-order valence-corrected chi connectivity index (χ2v) is 18.7. The molecule has 0 atom stereocenters. The molecule has 1 saturated heterocycles. The summed E-state index contributed by atoms with van der Waals surface area (Å²) in [5, 5.41) is 2.88. The van der Waals surface area contributed by atoms with Crippen LogP contribution in [0.15, 0.2) is 67.1 Å². The van der Waals surface area contributed by atoms with Crippen molar-refractivity contribution in [2.75, 3.05) is 69.3 Å². The third kappa shape index (κ3) is 13.8. The first-order valence-corrected chi connectivity index (χ1v) is 22.6. The molecule has 4 aliphatic rings. The third-order valence-electron chi connectivity index (χ3n) is 11.0. The average Bonchev–Trinajstić information content (AvgIpc) is 4.05. The predicted octanol–water partition coefficient (Wildman–Crippen LogP) is 10.5. The van der Waals surface area contributed by atoms with Gasteiger partial charge in [-0.1, -0.05) is 25.6 Å². The molecule has 342 valence electrons. The lowest BCUT2D eigenvalue weighted by Gasteiger charge is -2.30. The van der Waals surface area contributed by atoms with Crippen LogP contribution in [0.2, 0.25) is 0 Å². The number of benzene rings is 3. The highest BCUT2D eigenvalue weighted by atomic mass is 35.5. The van der Waals surface area contributed by atoms with E-state index in [4.69, 9.17) is 26.8 Å². The van der Waals surface area contributed by atoms with Crippen molar-refractivity contribution in [3.05, 3.63) is 89.5 Å². The number of anilines is 6. The summed E-state index contributed by atoms with van der Waals surface area (Å²) in [7, 11) is 0. The van der Waals surface area contributed by atoms with Gasteiger partial charge in [0.2, 0.25) is 5.91 Å². The molecule has 1 aromatic heterocycles. The fourth-order valence-corrected chi connectivity index (χ4v) is 8.18. The minimum Gasteiger partial charge on any atom is -0.443 e. The number of aromatic amines is 1. The van der Waals surface area contributed by atoms with Crippen molar-refractivity contribution in [3.8, 4) is 0 Å². The number of nitrogens with zero attached hydrogens (tertiary/aromatic N) is 5. The number of nitrogens with one attached hydrogen (secondary N) is 2. The Hall–Kier alpha value is -5.43. The Bertz CT molecular complexity index is 2140. The molecule has 4 aromatic rings. The van der Waals surface area contributed by atoms with Crippen LogP contribution in [-0.4, -0.2) is 77.9 Å². The van der Waals surface area contributed by atoms with E-state index in [-0.39, 0.29) is 25.5 Å². The number of unbranched alkanes of at least 4 members (excludes halogenated alkanes) is 1. The highest BCUT2D eigenvalue weighted by Gasteiger charge is 2.30. The molecule has 0 unspecified atom stereocenters. The van der Waals surface area contributed by atoms with E-state index in [1.807, 2.05) is 84.1 Å². The molecule has 8 rings (SSSR count). The highest BCUT2D eigenvalue weighted by molar-refractivity contribution is 6.17. The van der Waals surface area contributed by atoms with Crippen LogP contribution in [0.3, 0.4) is 0 Å². The van der Waals surface area contributed by atoms with Crippen LogP contribution in [0, 0.1) is 0 Å². The molecular weight excluding hydrogens is 816 g/mol. The molecule has 0 bridgehead atoms. The van der Waals surface area contributed by atoms with Gasteiger partial charge in [0.1, 0.15) is 11.2 Å². The summed E-state index contributed by atoms with van der Waals surface area (Å²) in [5.74, 6) is 0.527. The van der Waals surface area contributed by atoms with Crippen LogP contribution >= 0.6 is 11.6 Å². The van der Waals surface area contributed by atoms with Crippen LogP contribution < -0.4 is 30.7 Å². The molecule has 63 heavy (non-hydrogen) atoms. The molecule has 5 heterocycles. The summed E-state index contributed by atoms with van der Waals surface area (Å²) in [5.41, 5.74) is 15.5. The standard InChI is InChI=1S/C18H25ClN2O3.C17H22N4.C13H18N2O2.CH4/c1-18(2,3)24-17(23)21-11-9-13-7-8-14(12-15(13)21)20-16(22)6-4-5-10-19;1-2-7-20(8-3-1)16-5-4-14-6-9-21(17(14)10-16)12-15-11-18-13-19-15;1-13(2,3)17-12(16)15-7-6-9-4-5-10(14)8-11(9)15;/h7-8,12H,4-6,9-11H2,1-3H3,(H,20,22);4-5,10-11,13H,1-3,6-9,12H2,(H,18,19);4-5,8H,6-7,14H2,1-3H3;1H4. The quantitative estimate of drug-likeness (QED) is 0.0893. The van der Waals surface area contributed by atoms with E-state index in [0.29, 0.717) is 36.8 Å². The molecule has 0 radical (unpaired) electrons. The van der Waals surface area contributed by atoms with E-state index in [0.717, 1.165) is 67.7 Å². The van der Waals surface area contributed by atoms with Crippen LogP contribution in [-0.2, 0) is 40.1 Å². The Morgan fingerprint density at radius 2 is 1.33 bits per heavy atom. The fraction of sp³-hybridized carbons (Fsp3) is 0.510. The zero-order valence-corrected chi connectivity index (χ0v) is 38.2. The van der Waals surface area contributed by atoms with Crippen LogP contribution in [0.25, 0.3) is 0 Å². The van der Waals surface area contributed by atoms with E-state index >= 15 is 0 Å². The maximum atomic E-state index is 12.3. The number of nitrogen functional groups attached to an aromatic ring is 1. The van der Waals surface area contributed by atoms with E-state index in [2.05, 4.69) is 43.3 Å². The Kier molecular flexibility index (Phi) is 16.8. The van der Waals surface area contributed by atoms with E-state index in [1.165, 1.54) is 55.0 Å². The van der Waals surface area contributed by atoms with Gasteiger partial charge in [0.25, 0.3) is 0 Å². The molecule has 3 amide bonds. The predicted molar refractivity (Wildman–Crippen MR) is 258 cm³/mol. The van der Waals surface area contributed by atoms with Gasteiger partial charge in [-0.3, -0.25) is 14.6 Å². The maximum absolute atomic E-state index is 12.3. The number of hydrogen-bond donors (Lipinski definition) is 3. The van der Waals surface area contributed by atoms with Crippen molar-refractivity contribution in [2.45, 2.75) is 125 Å². The molecule has 1 fully saturated rings. The minimum atomic E-state index is -0.534. The Morgan fingerprint density at radius 1 is 0.746 bits per heavy atom. The Labute approximate surface area is 379 Å². The van der Waals surface area contributed by atoms with Gasteiger partial charge in [0.05, 0.1) is 29.9 Å². The van der Waals surface area contributed by atoms with Crippen LogP contribution in [0.1, 0.15) is 110 Å². The smallest absolute Gasteiger partial charge is 0.414 e. The number of alkyl halides is 1. The van der Waals surface area contributed by atoms with Gasteiger partial charge in [-0.25, -0.2) is 14.6 Å². The number of halogens is 1. The first-order chi connectivity index (χ1) is 29.6. The number of amides is 3. The van der Waals surface area contributed by atoms with E-state index in [1.54, 1.807) is 16.1 Å². The molecule has 0 saturated carbocycles. The van der Waals surface area contributed by atoms with Gasteiger partial charge in [-0.05, 0) is 146 Å². The van der Waals surface area contributed by atoms with Gasteiger partial charge in [0.15, 0.2) is 0 Å². The van der Waals surface area contributed by atoms with Gasteiger partial charge < -0.3 is 35.3 Å². The number of piperidine rings is 1. The van der Waals surface area contributed by atoms with E-state index < -0.39 is 11.2 Å². The molecule has 14 heteroatoms. The van der Waals surface area contributed by atoms with Crippen molar-refractivity contribution >= 4 is 63.8 Å². The lowest BCUT2D eigenvalue weighted by Crippen LogP contribution is -2.35. The van der Waals surface area contributed by atoms with Crippen molar-refractivity contribution in [1.29, 1.82) is 0 Å². The second kappa shape index (κ2) is 21.8. The molecule has 4 aliphatic heterocycles. The number of carbonyl (C=O) groups is 3. The number of nitrogens with two attached hydrogens (primary N) is 1. The number of hydrogen-bond acceptors (Lipinski definition) is 9. The highest BCUT2D eigenvalue weighted by Crippen LogP contribution is 2.35. The lowest BCUT2D eigenvalue weighted by molar-refractivity contribution is -0.116. The number of imidazole rings is 1. The first kappa shape index (κ1) is 48.6. The molecule has 13 nitrogen and oxygen atoms in total. The van der Waals surface area contributed by atoms with E-state index in [9.17, 15) is 14.4 Å². The summed E-state index contributed by atoms with van der Waals surface area (Å²) < 4.78 is 10.8. The number of aromatic nitrogens is 2. The van der Waals surface area contributed by atoms with Crippen molar-refractivity contribution in [2.24, 2.45) is 0 Å². The molecule has 0 aliphatic carbocycles. The second-order valence-electron chi connectivity index (χ2n) is 18.3. The number of carbonyl (C=O) groups excluding carboxylic acids is 3. The number of ether oxygens (including phenoxy) is 2. The van der Waals surface area contributed by atoms with Gasteiger partial charge in [-0.2, -0.15) is 0 Å². The van der Waals surface area contributed by atoms with Crippen molar-refractivity contribution < 1.29 is 23.9 Å². The SMILES string of the molecule is C.CC(C)(C)OC(=O)N1CCc2ccc(N)cc21.CC(C)(C)OC(=O)N1CCc2ccc(NC(=O)CCCCCl)cc21.c1ncc(CN2CCc3ccc(N4CCCCC4)cc32)[nH]1. The summed E-state index contributed by atoms with van der Waals surface area (Å²) >= 11 is 5.62. The van der Waals surface area contributed by atoms with Gasteiger partial charge in [-0.15, -0.1) is 11.6 Å². The van der Waals surface area contributed by atoms with Crippen molar-refractivity contribution in [1.82, 2.24) is 9.97 Å². The van der Waals surface area contributed by atoms with Gasteiger partial charge in [0, 0.05) is 74.0 Å². The lowest BCUT2D eigenvalue weighted by atomic mass is 10.1. The zero-order chi connectivity index (χ0) is 44.4. The zero-order valence-electron chi connectivity index (χ0n) is 37.4. The van der Waals surface area contributed by atoms with Crippen LogP contribution in [0.4, 0.5) is 43.7 Å². The molecule has 0 spiro atoms. The fourth-order valence-electron chi connectivity index (χ4n) is 7.99. The largest absolute Gasteiger partial charge is 0.443 e. The Morgan fingerprint density at radius 3 is 1.94 bits per heavy atom. The Balaban J connectivity index is 0.000000179. The summed E-state index contributed by atoms with van der Waals surface area (Å²) in [6, 6.07) is 18.3. The summed E-state index contributed by atoms with van der Waals surface area (Å²) in [4.78, 5) is 51.9. The number of H-pyrrole nitrogens is 1. The summed E-state index contributed by atoms with van der Waals surface area (Å²) in [6.07, 6.45) is 11.9. The molecule has 4 N–H and O–H groups in total. The average molecular weight is 886 g/mol.